The second-order valence-corrected chi connectivity index (χ2v) is 3.81. The molecule has 0 heterocycles. The highest BCUT2D eigenvalue weighted by Crippen LogP contribution is 2.17. The van der Waals surface area contributed by atoms with Crippen LogP contribution >= 0.6 is 24.2 Å². The van der Waals surface area contributed by atoms with E-state index in [4.69, 9.17) is 16.7 Å². The number of halogens is 1. The maximum absolute atomic E-state index is 10.7. The maximum atomic E-state index is 10.7. The molecule has 0 aliphatic rings. The largest absolute Gasteiger partial charge is 0.480 e. The van der Waals surface area contributed by atoms with E-state index in [0.29, 0.717) is 0 Å². The maximum Gasteiger partial charge on any atom is 0.321 e. The SMILES string of the molecule is O=C(O)C(CS)NC(Cl)c1ccccc1. The van der Waals surface area contributed by atoms with Crippen molar-refractivity contribution >= 4 is 30.2 Å². The van der Waals surface area contributed by atoms with Gasteiger partial charge in [-0.2, -0.15) is 12.6 Å². The van der Waals surface area contributed by atoms with Crippen LogP contribution in [0, 0.1) is 0 Å². The highest BCUT2D eigenvalue weighted by atomic mass is 35.5. The van der Waals surface area contributed by atoms with Gasteiger partial charge in [-0.25, -0.2) is 0 Å². The van der Waals surface area contributed by atoms with Crippen LogP contribution in [0.25, 0.3) is 0 Å². The molecule has 82 valence electrons. The zero-order valence-electron chi connectivity index (χ0n) is 7.93. The van der Waals surface area contributed by atoms with E-state index in [1.165, 1.54) is 0 Å². The summed E-state index contributed by atoms with van der Waals surface area (Å²) in [6, 6.07) is 8.51. The molecule has 0 aromatic heterocycles. The summed E-state index contributed by atoms with van der Waals surface area (Å²) in [5.74, 6) is -0.752. The molecule has 0 aliphatic heterocycles. The Balaban J connectivity index is 2.62. The van der Waals surface area contributed by atoms with Crippen LogP contribution in [0.5, 0.6) is 0 Å². The van der Waals surface area contributed by atoms with Crippen molar-refractivity contribution in [1.82, 2.24) is 5.32 Å². The van der Waals surface area contributed by atoms with E-state index in [2.05, 4.69) is 17.9 Å². The van der Waals surface area contributed by atoms with Crippen molar-refractivity contribution < 1.29 is 9.90 Å². The zero-order valence-corrected chi connectivity index (χ0v) is 9.58. The lowest BCUT2D eigenvalue weighted by molar-refractivity contribution is -0.138. The zero-order chi connectivity index (χ0) is 11.3. The quantitative estimate of drug-likeness (QED) is 0.422. The smallest absolute Gasteiger partial charge is 0.321 e. The molecule has 3 nitrogen and oxygen atoms in total. The van der Waals surface area contributed by atoms with E-state index >= 15 is 0 Å². The Morgan fingerprint density at radius 3 is 2.53 bits per heavy atom. The van der Waals surface area contributed by atoms with Gasteiger partial charge >= 0.3 is 5.97 Å². The van der Waals surface area contributed by atoms with Crippen LogP contribution < -0.4 is 5.32 Å². The monoisotopic (exact) mass is 245 g/mol. The summed E-state index contributed by atoms with van der Waals surface area (Å²) >= 11 is 9.96. The van der Waals surface area contributed by atoms with Gasteiger partial charge in [0.25, 0.3) is 0 Å². The summed E-state index contributed by atoms with van der Waals surface area (Å²) < 4.78 is 0. The average molecular weight is 246 g/mol. The van der Waals surface area contributed by atoms with Crippen molar-refractivity contribution in [2.75, 3.05) is 5.75 Å². The fraction of sp³-hybridized carbons (Fsp3) is 0.300. The molecule has 1 aromatic carbocycles. The predicted octanol–water partition coefficient (Wildman–Crippen LogP) is 1.90. The number of aliphatic carboxylic acids is 1. The molecular formula is C10H12ClNO2S. The molecule has 0 saturated carbocycles. The number of alkyl halides is 1. The Morgan fingerprint density at radius 1 is 1.47 bits per heavy atom. The van der Waals surface area contributed by atoms with E-state index in [0.717, 1.165) is 5.56 Å². The molecule has 0 spiro atoms. The van der Waals surface area contributed by atoms with Crippen molar-refractivity contribution in [2.45, 2.75) is 11.5 Å². The van der Waals surface area contributed by atoms with Gasteiger partial charge in [-0.3, -0.25) is 10.1 Å². The molecule has 2 unspecified atom stereocenters. The van der Waals surface area contributed by atoms with E-state index < -0.39 is 17.5 Å². The Morgan fingerprint density at radius 2 is 2.07 bits per heavy atom. The van der Waals surface area contributed by atoms with Crippen LogP contribution in [0.1, 0.15) is 11.1 Å². The van der Waals surface area contributed by atoms with Crippen LogP contribution in [-0.2, 0) is 4.79 Å². The van der Waals surface area contributed by atoms with Gasteiger partial charge in [0, 0.05) is 5.75 Å². The van der Waals surface area contributed by atoms with Gasteiger partial charge in [0.05, 0.1) is 0 Å². The van der Waals surface area contributed by atoms with Crippen molar-refractivity contribution in [3.63, 3.8) is 0 Å². The molecule has 5 heteroatoms. The van der Waals surface area contributed by atoms with Crippen molar-refractivity contribution in [3.8, 4) is 0 Å². The first kappa shape index (κ1) is 12.4. The van der Waals surface area contributed by atoms with Crippen LogP contribution in [-0.4, -0.2) is 22.9 Å². The summed E-state index contributed by atoms with van der Waals surface area (Å²) in [4.78, 5) is 10.7. The van der Waals surface area contributed by atoms with Gasteiger partial charge < -0.3 is 5.11 Å². The topological polar surface area (TPSA) is 49.3 Å². The van der Waals surface area contributed by atoms with Crippen LogP contribution in [0.4, 0.5) is 0 Å². The third-order valence-corrected chi connectivity index (χ3v) is 2.66. The number of benzene rings is 1. The minimum absolute atomic E-state index is 0.200. The number of nitrogens with one attached hydrogen (secondary N) is 1. The molecule has 1 rings (SSSR count). The Hall–Kier alpha value is -0.710. The Labute approximate surface area is 98.9 Å². The lowest BCUT2D eigenvalue weighted by atomic mass is 10.2. The van der Waals surface area contributed by atoms with E-state index in [1.54, 1.807) is 0 Å². The number of thiol groups is 1. The van der Waals surface area contributed by atoms with Gasteiger partial charge in [0.2, 0.25) is 0 Å². The molecule has 1 aromatic rings. The van der Waals surface area contributed by atoms with Gasteiger partial charge in [0.15, 0.2) is 0 Å². The molecule has 0 radical (unpaired) electrons. The van der Waals surface area contributed by atoms with Gasteiger partial charge in [0.1, 0.15) is 11.5 Å². The van der Waals surface area contributed by atoms with Crippen LogP contribution in [0.2, 0.25) is 0 Å². The third-order valence-electron chi connectivity index (χ3n) is 1.92. The normalized spacial score (nSPS) is 14.5. The minimum atomic E-state index is -0.952. The number of carbonyl (C=O) groups is 1. The fourth-order valence-electron chi connectivity index (χ4n) is 1.10. The first-order valence-electron chi connectivity index (χ1n) is 4.44. The first-order valence-corrected chi connectivity index (χ1v) is 5.50. The molecule has 0 amide bonds. The summed E-state index contributed by atoms with van der Waals surface area (Å²) in [5.41, 5.74) is 0.326. The number of hydrogen-bond donors (Lipinski definition) is 3. The third kappa shape index (κ3) is 3.74. The van der Waals surface area contributed by atoms with E-state index in [9.17, 15) is 4.79 Å². The molecule has 2 atom stereocenters. The van der Waals surface area contributed by atoms with Gasteiger partial charge in [-0.1, -0.05) is 30.3 Å². The molecular weight excluding hydrogens is 234 g/mol. The van der Waals surface area contributed by atoms with Crippen molar-refractivity contribution in [3.05, 3.63) is 35.9 Å². The van der Waals surface area contributed by atoms with E-state index in [1.807, 2.05) is 30.3 Å². The highest BCUT2D eigenvalue weighted by molar-refractivity contribution is 7.80. The lowest BCUT2D eigenvalue weighted by Gasteiger charge is -2.17. The van der Waals surface area contributed by atoms with E-state index in [-0.39, 0.29) is 5.75 Å². The molecule has 0 bridgehead atoms. The lowest BCUT2D eigenvalue weighted by Crippen LogP contribution is -2.39. The fourth-order valence-corrected chi connectivity index (χ4v) is 1.66. The number of hydrogen-bond acceptors (Lipinski definition) is 3. The second kappa shape index (κ2) is 6.00. The molecule has 0 saturated heterocycles. The van der Waals surface area contributed by atoms with Gasteiger partial charge in [-0.15, -0.1) is 11.6 Å². The van der Waals surface area contributed by atoms with Crippen LogP contribution in [0.3, 0.4) is 0 Å². The summed E-state index contributed by atoms with van der Waals surface area (Å²) in [6.45, 7) is 0. The number of rotatable bonds is 5. The minimum Gasteiger partial charge on any atom is -0.480 e. The van der Waals surface area contributed by atoms with Gasteiger partial charge in [-0.05, 0) is 5.56 Å². The first-order chi connectivity index (χ1) is 7.15. The second-order valence-electron chi connectivity index (χ2n) is 3.01. The highest BCUT2D eigenvalue weighted by Gasteiger charge is 2.19. The summed E-state index contributed by atoms with van der Waals surface area (Å²) in [5, 5.41) is 11.6. The summed E-state index contributed by atoms with van der Waals surface area (Å²) in [6.07, 6.45) is 0. The molecule has 2 N–H and O–H groups in total. The Kier molecular flexibility index (Phi) is 4.94. The molecule has 0 fully saturated rings. The Bertz CT molecular complexity index is 320. The number of carboxylic acid groups (broad SMARTS) is 1. The molecule has 0 aliphatic carbocycles. The summed E-state index contributed by atoms with van der Waals surface area (Å²) in [7, 11) is 0. The number of carboxylic acids is 1. The van der Waals surface area contributed by atoms with Crippen LogP contribution in [0.15, 0.2) is 30.3 Å². The predicted molar refractivity (Wildman–Crippen MR) is 63.4 cm³/mol. The van der Waals surface area contributed by atoms with Crippen molar-refractivity contribution in [2.24, 2.45) is 0 Å². The average Bonchev–Trinajstić information content (AvgIpc) is 2.26. The standard InChI is InChI=1S/C10H12ClNO2S/c11-9(7-4-2-1-3-5-7)12-8(6-15)10(13)14/h1-5,8-9,12,15H,6H2,(H,13,14). The van der Waals surface area contributed by atoms with Crippen molar-refractivity contribution in [1.29, 1.82) is 0 Å². The molecule has 15 heavy (non-hydrogen) atoms.